The van der Waals surface area contributed by atoms with E-state index in [1.165, 1.54) is 6.33 Å². The van der Waals surface area contributed by atoms with Crippen LogP contribution in [0.3, 0.4) is 0 Å². The fourth-order valence-electron chi connectivity index (χ4n) is 1.59. The van der Waals surface area contributed by atoms with Gasteiger partial charge in [-0.05, 0) is 13.2 Å². The number of hydrogen-bond acceptors (Lipinski definition) is 8. The Morgan fingerprint density at radius 1 is 1.37 bits per heavy atom. The van der Waals surface area contributed by atoms with Crippen LogP contribution in [-0.4, -0.2) is 26.2 Å². The van der Waals surface area contributed by atoms with Crippen molar-refractivity contribution >= 4 is 39.3 Å². The fourth-order valence-corrected chi connectivity index (χ4v) is 3.07. The van der Waals surface area contributed by atoms with E-state index in [-0.39, 0.29) is 0 Å². The number of oxazole rings is 1. The van der Waals surface area contributed by atoms with Crippen molar-refractivity contribution in [3.63, 3.8) is 0 Å². The third-order valence-corrected chi connectivity index (χ3v) is 4.46. The summed E-state index contributed by atoms with van der Waals surface area (Å²) in [6.45, 7) is 2.36. The lowest BCUT2D eigenvalue weighted by Gasteiger charge is -2.02. The summed E-state index contributed by atoms with van der Waals surface area (Å²) in [4.78, 5) is 17.0. The van der Waals surface area contributed by atoms with Gasteiger partial charge in [0, 0.05) is 0 Å². The Morgan fingerprint density at radius 2 is 2.26 bits per heavy atom. The number of fused-ring (bicyclic) bond motifs is 1. The van der Waals surface area contributed by atoms with Crippen molar-refractivity contribution in [2.75, 3.05) is 11.6 Å². The molecule has 0 fully saturated rings. The summed E-state index contributed by atoms with van der Waals surface area (Å²) in [5, 5.41) is 3.21. The summed E-state index contributed by atoms with van der Waals surface area (Å²) in [6, 6.07) is 0. The maximum atomic E-state index is 5.41. The van der Waals surface area contributed by atoms with Crippen LogP contribution in [0.4, 0.5) is 5.82 Å². The third kappa shape index (κ3) is 2.54. The highest BCUT2D eigenvalue weighted by molar-refractivity contribution is 8.00. The number of nitrogens with zero attached hydrogens (tertiary/aromatic N) is 4. The molecule has 0 aliphatic rings. The Bertz CT molecular complexity index is 708. The van der Waals surface area contributed by atoms with Crippen LogP contribution in [0.2, 0.25) is 0 Å². The van der Waals surface area contributed by atoms with E-state index in [0.717, 1.165) is 26.3 Å². The molecule has 0 radical (unpaired) electrons. The summed E-state index contributed by atoms with van der Waals surface area (Å²) in [7, 11) is 0. The molecule has 0 bridgehead atoms. The first-order chi connectivity index (χ1) is 9.26. The van der Waals surface area contributed by atoms with Gasteiger partial charge in [-0.1, -0.05) is 11.8 Å². The zero-order valence-corrected chi connectivity index (χ0v) is 12.0. The lowest BCUT2D eigenvalue weighted by molar-refractivity contribution is 0.479. The molecule has 3 heterocycles. The first-order valence-electron chi connectivity index (χ1n) is 5.57. The zero-order chi connectivity index (χ0) is 13.2. The average Bonchev–Trinajstić information content (AvgIpc) is 3.02. The van der Waals surface area contributed by atoms with Crippen molar-refractivity contribution in [1.82, 2.24) is 19.9 Å². The fraction of sp³-hybridized carbons (Fsp3) is 0.273. The Kier molecular flexibility index (Phi) is 3.34. The van der Waals surface area contributed by atoms with Crippen molar-refractivity contribution < 1.29 is 4.42 Å². The molecule has 0 spiro atoms. The van der Waals surface area contributed by atoms with Gasteiger partial charge in [0.05, 0.1) is 12.7 Å². The highest BCUT2D eigenvalue weighted by atomic mass is 32.2. The second-order valence-corrected chi connectivity index (χ2v) is 5.83. The van der Waals surface area contributed by atoms with Crippen LogP contribution in [0, 0.1) is 6.92 Å². The molecule has 3 rings (SSSR count). The Balaban J connectivity index is 1.85. The predicted octanol–water partition coefficient (Wildman–Crippen LogP) is 2.72. The van der Waals surface area contributed by atoms with E-state index in [4.69, 9.17) is 4.42 Å². The minimum atomic E-state index is 0.493. The molecule has 19 heavy (non-hydrogen) atoms. The lowest BCUT2D eigenvalue weighted by atomic mass is 10.5. The largest absolute Gasteiger partial charge is 0.444 e. The Labute approximate surface area is 117 Å². The highest BCUT2D eigenvalue weighted by Crippen LogP contribution is 2.30. The van der Waals surface area contributed by atoms with Gasteiger partial charge >= 0.3 is 0 Å². The molecule has 0 aromatic carbocycles. The van der Waals surface area contributed by atoms with Crippen LogP contribution in [0.1, 0.15) is 11.7 Å². The Hall–Kier alpha value is -1.67. The molecular weight excluding hydrogens is 282 g/mol. The normalized spacial score (nSPS) is 11.1. The van der Waals surface area contributed by atoms with Crippen LogP contribution in [0.5, 0.6) is 0 Å². The van der Waals surface area contributed by atoms with Gasteiger partial charge in [0.1, 0.15) is 22.6 Å². The molecule has 0 aliphatic carbocycles. The molecule has 3 aromatic heterocycles. The maximum Gasteiger partial charge on any atom is 0.213 e. The molecular formula is C11H11N5OS2. The van der Waals surface area contributed by atoms with Gasteiger partial charge in [0.15, 0.2) is 9.99 Å². The monoisotopic (exact) mass is 293 g/mol. The molecule has 0 atom stereocenters. The van der Waals surface area contributed by atoms with E-state index >= 15 is 0 Å². The summed E-state index contributed by atoms with van der Waals surface area (Å²) in [5.74, 6) is 2.20. The standard InChI is InChI=1S/C11H11N5OS2/c1-6-3-12-7(17-6)4-13-9-8-10(15-5-14-9)16-11(18-2)19-8/h3,5H,4H2,1-2H3,(H,13,14,15). The maximum absolute atomic E-state index is 5.41. The van der Waals surface area contributed by atoms with Gasteiger partial charge < -0.3 is 9.73 Å². The van der Waals surface area contributed by atoms with Crippen LogP contribution in [0.15, 0.2) is 21.3 Å². The quantitative estimate of drug-likeness (QED) is 0.741. The van der Waals surface area contributed by atoms with E-state index < -0.39 is 0 Å². The molecule has 0 aliphatic heterocycles. The number of aryl methyl sites for hydroxylation is 1. The van der Waals surface area contributed by atoms with Crippen molar-refractivity contribution in [1.29, 1.82) is 0 Å². The van der Waals surface area contributed by atoms with Crippen molar-refractivity contribution in [2.45, 2.75) is 17.8 Å². The van der Waals surface area contributed by atoms with E-state index in [9.17, 15) is 0 Å². The summed E-state index contributed by atoms with van der Waals surface area (Å²) < 4.78 is 7.34. The number of thiazole rings is 1. The van der Waals surface area contributed by atoms with Gasteiger partial charge in [-0.3, -0.25) is 0 Å². The Morgan fingerprint density at radius 3 is 3.00 bits per heavy atom. The smallest absolute Gasteiger partial charge is 0.213 e. The predicted molar refractivity (Wildman–Crippen MR) is 75.6 cm³/mol. The zero-order valence-electron chi connectivity index (χ0n) is 10.4. The average molecular weight is 293 g/mol. The number of rotatable bonds is 4. The van der Waals surface area contributed by atoms with Crippen molar-refractivity contribution in [3.8, 4) is 0 Å². The topological polar surface area (TPSA) is 76.7 Å². The molecule has 0 saturated heterocycles. The van der Waals surface area contributed by atoms with Crippen LogP contribution in [-0.2, 0) is 6.54 Å². The molecule has 3 aromatic rings. The van der Waals surface area contributed by atoms with E-state index in [1.807, 2.05) is 13.2 Å². The summed E-state index contributed by atoms with van der Waals surface area (Å²) in [6.07, 6.45) is 5.20. The van der Waals surface area contributed by atoms with Gasteiger partial charge in [0.25, 0.3) is 0 Å². The molecule has 6 nitrogen and oxygen atoms in total. The molecule has 98 valence electrons. The van der Waals surface area contributed by atoms with E-state index in [0.29, 0.717) is 12.4 Å². The molecule has 1 N–H and O–H groups in total. The van der Waals surface area contributed by atoms with Crippen molar-refractivity contribution in [2.24, 2.45) is 0 Å². The van der Waals surface area contributed by atoms with Crippen LogP contribution in [0.25, 0.3) is 10.3 Å². The summed E-state index contributed by atoms with van der Waals surface area (Å²) >= 11 is 3.18. The van der Waals surface area contributed by atoms with Crippen molar-refractivity contribution in [3.05, 3.63) is 24.2 Å². The molecule has 0 saturated carbocycles. The second kappa shape index (κ2) is 5.14. The van der Waals surface area contributed by atoms with Gasteiger partial charge in [-0.25, -0.2) is 19.9 Å². The molecule has 8 heteroatoms. The van der Waals surface area contributed by atoms with E-state index in [2.05, 4.69) is 25.3 Å². The first-order valence-corrected chi connectivity index (χ1v) is 7.61. The van der Waals surface area contributed by atoms with Crippen LogP contribution >= 0.6 is 23.1 Å². The van der Waals surface area contributed by atoms with Gasteiger partial charge in [-0.15, -0.1) is 11.3 Å². The first kappa shape index (κ1) is 12.4. The van der Waals surface area contributed by atoms with Gasteiger partial charge in [-0.2, -0.15) is 0 Å². The SMILES string of the molecule is CSc1nc2ncnc(NCc3ncc(C)o3)c2s1. The molecule has 0 unspecified atom stereocenters. The summed E-state index contributed by atoms with van der Waals surface area (Å²) in [5.41, 5.74) is 0.718. The number of anilines is 1. The third-order valence-electron chi connectivity index (χ3n) is 2.42. The highest BCUT2D eigenvalue weighted by Gasteiger charge is 2.10. The minimum absolute atomic E-state index is 0.493. The number of nitrogens with one attached hydrogen (secondary N) is 1. The van der Waals surface area contributed by atoms with Crippen LogP contribution < -0.4 is 5.32 Å². The second-order valence-electron chi connectivity index (χ2n) is 3.78. The van der Waals surface area contributed by atoms with E-state index in [1.54, 1.807) is 29.3 Å². The number of aromatic nitrogens is 4. The number of thioether (sulfide) groups is 1. The minimum Gasteiger partial charge on any atom is -0.444 e. The molecule has 0 amide bonds. The van der Waals surface area contributed by atoms with Gasteiger partial charge in [0.2, 0.25) is 5.89 Å². The lowest BCUT2D eigenvalue weighted by Crippen LogP contribution is -2.01. The number of hydrogen-bond donors (Lipinski definition) is 1.